The van der Waals surface area contributed by atoms with E-state index in [2.05, 4.69) is 70.5 Å². The summed E-state index contributed by atoms with van der Waals surface area (Å²) in [7, 11) is 0. The average Bonchev–Trinajstić information content (AvgIpc) is 3.46. The highest BCUT2D eigenvalue weighted by molar-refractivity contribution is 7.98. The van der Waals surface area contributed by atoms with Crippen molar-refractivity contribution < 1.29 is 4.79 Å². The average molecular weight is 479 g/mol. The molecule has 0 aliphatic heterocycles. The second-order valence-corrected chi connectivity index (χ2v) is 9.96. The number of thioether (sulfide) groups is 1. The van der Waals surface area contributed by atoms with Crippen LogP contribution < -0.4 is 5.32 Å². The Morgan fingerprint density at radius 2 is 2.00 bits per heavy atom. The number of carbonyl (C=O) groups is 1. The lowest BCUT2D eigenvalue weighted by molar-refractivity contribution is 0.0947. The summed E-state index contributed by atoms with van der Waals surface area (Å²) < 4.78 is 2.04. The van der Waals surface area contributed by atoms with Crippen LogP contribution in [0.15, 0.2) is 59.3 Å². The molecule has 0 saturated carbocycles. The molecule has 3 aromatic heterocycles. The first-order valence-electron chi connectivity index (χ1n) is 10.8. The summed E-state index contributed by atoms with van der Waals surface area (Å²) in [6.45, 7) is 7.00. The number of carbonyl (C=O) groups excluding carboxylic acids is 1. The SMILES string of the molecule is Cc1ccc(-n2c(SCc3nc(C(=O)NCCC(C)C)cs3)nnc2-c2cccnc2)cc1. The minimum Gasteiger partial charge on any atom is -0.351 e. The number of rotatable bonds is 9. The second kappa shape index (κ2) is 10.7. The quantitative estimate of drug-likeness (QED) is 0.334. The van der Waals surface area contributed by atoms with Gasteiger partial charge in [0.1, 0.15) is 10.7 Å². The molecule has 1 N–H and O–H groups in total. The lowest BCUT2D eigenvalue weighted by Gasteiger charge is -2.10. The number of aryl methyl sites for hydroxylation is 1. The predicted octanol–water partition coefficient (Wildman–Crippen LogP) is 5.16. The van der Waals surface area contributed by atoms with Crippen molar-refractivity contribution in [1.29, 1.82) is 0 Å². The molecule has 0 bridgehead atoms. The number of aromatic nitrogens is 5. The van der Waals surface area contributed by atoms with Gasteiger partial charge < -0.3 is 5.32 Å². The van der Waals surface area contributed by atoms with Crippen LogP contribution in [0.25, 0.3) is 17.1 Å². The van der Waals surface area contributed by atoms with Gasteiger partial charge in [0, 0.05) is 35.6 Å². The van der Waals surface area contributed by atoms with Crippen molar-refractivity contribution in [3.8, 4) is 17.1 Å². The Morgan fingerprint density at radius 1 is 1.18 bits per heavy atom. The maximum absolute atomic E-state index is 12.3. The Hall–Kier alpha value is -3.04. The number of hydrogen-bond donors (Lipinski definition) is 1. The van der Waals surface area contributed by atoms with Gasteiger partial charge in [0.2, 0.25) is 0 Å². The monoisotopic (exact) mass is 478 g/mol. The maximum Gasteiger partial charge on any atom is 0.270 e. The number of hydrogen-bond acceptors (Lipinski definition) is 7. The third-order valence-electron chi connectivity index (χ3n) is 4.96. The Labute approximate surface area is 201 Å². The summed E-state index contributed by atoms with van der Waals surface area (Å²) in [6.07, 6.45) is 4.48. The summed E-state index contributed by atoms with van der Waals surface area (Å²) >= 11 is 3.03. The van der Waals surface area contributed by atoms with E-state index in [0.717, 1.165) is 33.7 Å². The van der Waals surface area contributed by atoms with Crippen molar-refractivity contribution in [3.63, 3.8) is 0 Å². The smallest absolute Gasteiger partial charge is 0.270 e. The number of thiazole rings is 1. The van der Waals surface area contributed by atoms with Gasteiger partial charge in [-0.2, -0.15) is 0 Å². The van der Waals surface area contributed by atoms with Crippen molar-refractivity contribution >= 4 is 29.0 Å². The normalized spacial score (nSPS) is 11.2. The zero-order valence-electron chi connectivity index (χ0n) is 18.9. The molecule has 0 atom stereocenters. The van der Waals surface area contributed by atoms with Crippen LogP contribution in [0.5, 0.6) is 0 Å². The fourth-order valence-electron chi connectivity index (χ4n) is 3.14. The highest BCUT2D eigenvalue weighted by Crippen LogP contribution is 2.30. The third kappa shape index (κ3) is 5.85. The lowest BCUT2D eigenvalue weighted by Crippen LogP contribution is -2.25. The molecule has 1 aromatic carbocycles. The topological polar surface area (TPSA) is 85.6 Å². The summed E-state index contributed by atoms with van der Waals surface area (Å²) in [5.41, 5.74) is 3.53. The number of nitrogens with zero attached hydrogens (tertiary/aromatic N) is 5. The van der Waals surface area contributed by atoms with Crippen LogP contribution in [0.3, 0.4) is 0 Å². The van der Waals surface area contributed by atoms with E-state index in [9.17, 15) is 4.79 Å². The summed E-state index contributed by atoms with van der Waals surface area (Å²) in [5.74, 6) is 1.76. The van der Waals surface area contributed by atoms with Gasteiger partial charge in [0.15, 0.2) is 11.0 Å². The molecule has 4 aromatic rings. The van der Waals surface area contributed by atoms with E-state index in [-0.39, 0.29) is 5.91 Å². The molecule has 1 amide bonds. The zero-order valence-corrected chi connectivity index (χ0v) is 20.5. The molecular weight excluding hydrogens is 452 g/mol. The predicted molar refractivity (Wildman–Crippen MR) is 133 cm³/mol. The van der Waals surface area contributed by atoms with Gasteiger partial charge in [-0.05, 0) is 43.5 Å². The number of amides is 1. The second-order valence-electron chi connectivity index (χ2n) is 8.07. The Balaban J connectivity index is 1.52. The molecule has 4 rings (SSSR count). The standard InChI is InChI=1S/C24H26N6OS2/c1-16(2)10-12-26-23(31)20-14-32-21(27-20)15-33-24-29-28-22(18-5-4-11-25-13-18)30(24)19-8-6-17(3)7-9-19/h4-9,11,13-14,16H,10,12,15H2,1-3H3,(H,26,31). The van der Waals surface area contributed by atoms with E-state index < -0.39 is 0 Å². The first-order chi connectivity index (χ1) is 16.0. The van der Waals surface area contributed by atoms with E-state index in [1.807, 2.05) is 22.1 Å². The lowest BCUT2D eigenvalue weighted by atomic mass is 10.1. The molecule has 0 fully saturated rings. The van der Waals surface area contributed by atoms with Crippen LogP contribution in [0.1, 0.15) is 41.3 Å². The summed E-state index contributed by atoms with van der Waals surface area (Å²) in [6, 6.07) is 12.1. The van der Waals surface area contributed by atoms with E-state index in [1.54, 1.807) is 24.2 Å². The molecule has 9 heteroatoms. The summed E-state index contributed by atoms with van der Waals surface area (Å²) in [5, 5.41) is 15.3. The molecule has 0 spiro atoms. The number of pyridine rings is 1. The van der Waals surface area contributed by atoms with Crippen molar-refractivity contribution in [2.75, 3.05) is 6.54 Å². The van der Waals surface area contributed by atoms with Gasteiger partial charge in [0.25, 0.3) is 5.91 Å². The van der Waals surface area contributed by atoms with Crippen molar-refractivity contribution in [2.24, 2.45) is 5.92 Å². The number of benzene rings is 1. The first-order valence-corrected chi connectivity index (χ1v) is 12.7. The molecule has 0 aliphatic rings. The Kier molecular flexibility index (Phi) is 7.51. The fourth-order valence-corrected chi connectivity index (χ4v) is 4.89. The maximum atomic E-state index is 12.3. The van der Waals surface area contributed by atoms with Gasteiger partial charge in [-0.15, -0.1) is 21.5 Å². The van der Waals surface area contributed by atoms with Crippen LogP contribution in [-0.4, -0.2) is 37.2 Å². The van der Waals surface area contributed by atoms with E-state index >= 15 is 0 Å². The van der Waals surface area contributed by atoms with Crippen LogP contribution in [-0.2, 0) is 5.75 Å². The van der Waals surface area contributed by atoms with Crippen LogP contribution in [0.4, 0.5) is 0 Å². The van der Waals surface area contributed by atoms with E-state index in [0.29, 0.717) is 23.9 Å². The minimum absolute atomic E-state index is 0.121. The summed E-state index contributed by atoms with van der Waals surface area (Å²) in [4.78, 5) is 21.1. The van der Waals surface area contributed by atoms with Crippen molar-refractivity contribution in [1.82, 2.24) is 30.0 Å². The van der Waals surface area contributed by atoms with Gasteiger partial charge in [0.05, 0.1) is 5.75 Å². The first kappa shape index (κ1) is 23.1. The van der Waals surface area contributed by atoms with Crippen LogP contribution in [0, 0.1) is 12.8 Å². The van der Waals surface area contributed by atoms with Crippen molar-refractivity contribution in [2.45, 2.75) is 38.1 Å². The fraction of sp³-hybridized carbons (Fsp3) is 0.292. The van der Waals surface area contributed by atoms with Gasteiger partial charge >= 0.3 is 0 Å². The molecule has 33 heavy (non-hydrogen) atoms. The minimum atomic E-state index is -0.121. The van der Waals surface area contributed by atoms with E-state index in [1.165, 1.54) is 16.9 Å². The highest BCUT2D eigenvalue weighted by atomic mass is 32.2. The third-order valence-corrected chi connectivity index (χ3v) is 6.93. The van der Waals surface area contributed by atoms with Gasteiger partial charge in [-0.25, -0.2) is 4.98 Å². The zero-order chi connectivity index (χ0) is 23.2. The molecule has 0 aliphatic carbocycles. The van der Waals surface area contributed by atoms with Gasteiger partial charge in [-0.1, -0.05) is 43.3 Å². The van der Waals surface area contributed by atoms with Crippen molar-refractivity contribution in [3.05, 3.63) is 70.4 Å². The molecule has 3 heterocycles. The Morgan fingerprint density at radius 3 is 2.73 bits per heavy atom. The van der Waals surface area contributed by atoms with Crippen LogP contribution >= 0.6 is 23.1 Å². The Bertz CT molecular complexity index is 1200. The van der Waals surface area contributed by atoms with E-state index in [4.69, 9.17) is 0 Å². The highest BCUT2D eigenvalue weighted by Gasteiger charge is 2.18. The molecule has 170 valence electrons. The molecule has 0 unspecified atom stereocenters. The molecule has 0 saturated heterocycles. The number of nitrogens with one attached hydrogen (secondary N) is 1. The molecule has 0 radical (unpaired) electrons. The largest absolute Gasteiger partial charge is 0.351 e. The molecular formula is C24H26N6OS2. The van der Waals surface area contributed by atoms with Crippen LogP contribution in [0.2, 0.25) is 0 Å². The molecule has 7 nitrogen and oxygen atoms in total. The van der Waals surface area contributed by atoms with Gasteiger partial charge in [-0.3, -0.25) is 14.3 Å².